The molecule has 10 heteroatoms. The molecule has 9 nitrogen and oxygen atoms in total. The number of carbonyl (C=O) groups is 2. The van der Waals surface area contributed by atoms with Crippen LogP contribution < -0.4 is 5.73 Å². The molecule has 0 fully saturated rings. The van der Waals surface area contributed by atoms with Crippen LogP contribution in [-0.2, 0) is 32.7 Å². The van der Waals surface area contributed by atoms with E-state index in [0.29, 0.717) is 19.3 Å². The Bertz CT molecular complexity index is 1220. The monoisotopic (exact) mass is 788 g/mol. The lowest BCUT2D eigenvalue weighted by Crippen LogP contribution is -2.29. The lowest BCUT2D eigenvalue weighted by atomic mass is 10.1. The highest BCUT2D eigenvalue weighted by Crippen LogP contribution is 2.43. The first-order valence-corrected chi connectivity index (χ1v) is 22.2. The lowest BCUT2D eigenvalue weighted by Gasteiger charge is -2.19. The summed E-state index contributed by atoms with van der Waals surface area (Å²) in [5.41, 5.74) is 5.33. The minimum absolute atomic E-state index is 0.0325. The van der Waals surface area contributed by atoms with Crippen LogP contribution in [0.1, 0.15) is 142 Å². The largest absolute Gasteiger partial charge is 0.472 e. The predicted molar refractivity (Wildman–Crippen MR) is 228 cm³/mol. The van der Waals surface area contributed by atoms with Crippen LogP contribution >= 0.6 is 7.82 Å². The molecule has 0 aromatic carbocycles. The van der Waals surface area contributed by atoms with Crippen molar-refractivity contribution in [2.75, 3.05) is 26.4 Å². The van der Waals surface area contributed by atoms with Crippen molar-refractivity contribution in [2.45, 2.75) is 148 Å². The maximum Gasteiger partial charge on any atom is 0.472 e. The Morgan fingerprint density at radius 3 is 1.49 bits per heavy atom. The van der Waals surface area contributed by atoms with Crippen LogP contribution in [0.3, 0.4) is 0 Å². The Hall–Kier alpha value is -3.07. The second-order valence-corrected chi connectivity index (χ2v) is 14.6. The molecule has 0 amide bonds. The van der Waals surface area contributed by atoms with Crippen LogP contribution in [-0.4, -0.2) is 49.3 Å². The lowest BCUT2D eigenvalue weighted by molar-refractivity contribution is -0.161. The number of esters is 2. The third-order valence-electron chi connectivity index (χ3n) is 7.95. The van der Waals surface area contributed by atoms with Crippen molar-refractivity contribution in [2.24, 2.45) is 5.73 Å². The topological polar surface area (TPSA) is 134 Å². The summed E-state index contributed by atoms with van der Waals surface area (Å²) in [7, 11) is -4.41. The second-order valence-electron chi connectivity index (χ2n) is 13.1. The van der Waals surface area contributed by atoms with Crippen LogP contribution in [0, 0.1) is 0 Å². The van der Waals surface area contributed by atoms with Crippen LogP contribution in [0.2, 0.25) is 0 Å². The number of unbranched alkanes of at least 4 members (excludes halogenated alkanes) is 8. The van der Waals surface area contributed by atoms with E-state index in [-0.39, 0.29) is 32.6 Å². The van der Waals surface area contributed by atoms with Gasteiger partial charge in [-0.25, -0.2) is 4.57 Å². The molecule has 55 heavy (non-hydrogen) atoms. The van der Waals surface area contributed by atoms with E-state index in [2.05, 4.69) is 98.9 Å². The molecule has 0 aliphatic carbocycles. The van der Waals surface area contributed by atoms with Gasteiger partial charge in [-0.3, -0.25) is 18.6 Å². The van der Waals surface area contributed by atoms with Gasteiger partial charge in [0.25, 0.3) is 0 Å². The Morgan fingerprint density at radius 1 is 0.564 bits per heavy atom. The fraction of sp³-hybridized carbons (Fsp3) is 0.600. The summed E-state index contributed by atoms with van der Waals surface area (Å²) in [4.78, 5) is 34.8. The molecule has 0 aliphatic rings. The van der Waals surface area contributed by atoms with Gasteiger partial charge in [0, 0.05) is 19.4 Å². The number of phosphoric acid groups is 1. The Balaban J connectivity index is 4.39. The molecule has 0 bridgehead atoms. The minimum atomic E-state index is -4.41. The van der Waals surface area contributed by atoms with Crippen LogP contribution in [0.25, 0.3) is 0 Å². The Morgan fingerprint density at radius 2 is 1.00 bits per heavy atom. The summed E-state index contributed by atoms with van der Waals surface area (Å²) in [6.07, 6.45) is 51.7. The van der Waals surface area contributed by atoms with Gasteiger partial charge in [-0.1, -0.05) is 143 Å². The summed E-state index contributed by atoms with van der Waals surface area (Å²) in [5.74, 6) is -0.969. The number of ether oxygens (including phenoxy) is 2. The molecule has 2 atom stereocenters. The van der Waals surface area contributed by atoms with E-state index < -0.39 is 32.5 Å². The fourth-order valence-corrected chi connectivity index (χ4v) is 5.68. The van der Waals surface area contributed by atoms with Gasteiger partial charge >= 0.3 is 19.8 Å². The van der Waals surface area contributed by atoms with Gasteiger partial charge in [0.05, 0.1) is 13.2 Å². The Kier molecular flexibility index (Phi) is 38.3. The average Bonchev–Trinajstić information content (AvgIpc) is 3.17. The standard InChI is InChI=1S/C45H74NO8P/c1-3-5-7-9-11-13-15-17-19-21-23-25-27-29-31-33-35-37-44(47)51-41-43(42-53-55(49,50)52-40-39-46)54-45(48)38-36-34-32-30-28-26-24-22-20-18-16-14-12-10-8-6-4-2/h6,8,12,14,17-20,23-26,29-32,43H,3-5,7,9-11,13,15-16,21-22,27-28,33-42,46H2,1-2H3,(H,49,50)/t43-/m1/s1. The zero-order valence-corrected chi connectivity index (χ0v) is 35.0. The SMILES string of the molecule is CCC=CCC=CCC=CCC=CCC=CCCCC(=O)O[C@H](COC(=O)CCCC=CCC=CCC=CCCCCCCCC)COP(=O)(O)OCCN. The molecular formula is C45H74NO8P. The summed E-state index contributed by atoms with van der Waals surface area (Å²) >= 11 is 0. The van der Waals surface area contributed by atoms with Crippen molar-refractivity contribution in [1.29, 1.82) is 0 Å². The van der Waals surface area contributed by atoms with E-state index in [1.54, 1.807) is 0 Å². The van der Waals surface area contributed by atoms with Gasteiger partial charge < -0.3 is 20.1 Å². The third kappa shape index (κ3) is 40.4. The maximum absolute atomic E-state index is 12.5. The van der Waals surface area contributed by atoms with Gasteiger partial charge in [-0.2, -0.15) is 0 Å². The van der Waals surface area contributed by atoms with Crippen LogP contribution in [0.15, 0.2) is 97.2 Å². The van der Waals surface area contributed by atoms with Gasteiger partial charge in [0.2, 0.25) is 0 Å². The van der Waals surface area contributed by atoms with E-state index in [9.17, 15) is 19.0 Å². The molecule has 0 spiro atoms. The van der Waals surface area contributed by atoms with Crippen molar-refractivity contribution in [3.8, 4) is 0 Å². The normalized spacial score (nSPS) is 14.3. The van der Waals surface area contributed by atoms with Crippen LogP contribution in [0.5, 0.6) is 0 Å². The third-order valence-corrected chi connectivity index (χ3v) is 8.94. The molecular weight excluding hydrogens is 713 g/mol. The highest BCUT2D eigenvalue weighted by atomic mass is 31.2. The minimum Gasteiger partial charge on any atom is -0.462 e. The second kappa shape index (κ2) is 40.6. The summed E-state index contributed by atoms with van der Waals surface area (Å²) in [5, 5.41) is 0. The van der Waals surface area contributed by atoms with Gasteiger partial charge in [0.15, 0.2) is 6.10 Å². The smallest absolute Gasteiger partial charge is 0.462 e. The molecule has 0 saturated carbocycles. The van der Waals surface area contributed by atoms with E-state index in [1.807, 2.05) is 12.2 Å². The first kappa shape index (κ1) is 51.9. The number of carbonyl (C=O) groups excluding carboxylic acids is 2. The average molecular weight is 788 g/mol. The summed E-state index contributed by atoms with van der Waals surface area (Å²) < 4.78 is 32.6. The number of hydrogen-bond donors (Lipinski definition) is 2. The first-order chi connectivity index (χ1) is 26.8. The molecule has 312 valence electrons. The molecule has 0 saturated heterocycles. The summed E-state index contributed by atoms with van der Waals surface area (Å²) in [6, 6.07) is 0. The highest BCUT2D eigenvalue weighted by Gasteiger charge is 2.25. The number of allylic oxidation sites excluding steroid dienone is 16. The van der Waals surface area contributed by atoms with E-state index in [1.165, 1.54) is 38.5 Å². The van der Waals surface area contributed by atoms with E-state index in [4.69, 9.17) is 24.3 Å². The van der Waals surface area contributed by atoms with E-state index >= 15 is 0 Å². The van der Waals surface area contributed by atoms with Crippen molar-refractivity contribution in [1.82, 2.24) is 0 Å². The highest BCUT2D eigenvalue weighted by molar-refractivity contribution is 7.47. The quantitative estimate of drug-likeness (QED) is 0.0273. The van der Waals surface area contributed by atoms with Gasteiger partial charge in [-0.15, -0.1) is 0 Å². The molecule has 3 N–H and O–H groups in total. The number of rotatable bonds is 37. The summed E-state index contributed by atoms with van der Waals surface area (Å²) in [6.45, 7) is 3.45. The first-order valence-electron chi connectivity index (χ1n) is 20.7. The number of nitrogens with two attached hydrogens (primary N) is 1. The molecule has 0 heterocycles. The van der Waals surface area contributed by atoms with Gasteiger partial charge in [0.1, 0.15) is 6.61 Å². The number of phosphoric ester groups is 1. The Labute approximate surface area is 334 Å². The predicted octanol–water partition coefficient (Wildman–Crippen LogP) is 11.8. The molecule has 0 radical (unpaired) electrons. The van der Waals surface area contributed by atoms with E-state index in [0.717, 1.165) is 57.8 Å². The van der Waals surface area contributed by atoms with Crippen molar-refractivity contribution in [3.05, 3.63) is 97.2 Å². The number of hydrogen-bond acceptors (Lipinski definition) is 8. The van der Waals surface area contributed by atoms with Crippen LogP contribution in [0.4, 0.5) is 0 Å². The maximum atomic E-state index is 12.5. The zero-order valence-electron chi connectivity index (χ0n) is 34.1. The molecule has 0 aromatic heterocycles. The van der Waals surface area contributed by atoms with Crippen molar-refractivity contribution >= 4 is 19.8 Å². The zero-order chi connectivity index (χ0) is 40.3. The van der Waals surface area contributed by atoms with Gasteiger partial charge in [-0.05, 0) is 83.5 Å². The van der Waals surface area contributed by atoms with Crippen molar-refractivity contribution < 1.29 is 37.6 Å². The molecule has 0 aromatic rings. The molecule has 0 aliphatic heterocycles. The molecule has 0 rings (SSSR count). The molecule has 1 unspecified atom stereocenters. The fourth-order valence-electron chi connectivity index (χ4n) is 4.92. The van der Waals surface area contributed by atoms with Crippen molar-refractivity contribution in [3.63, 3.8) is 0 Å².